The van der Waals surface area contributed by atoms with Crippen LogP contribution in [0.15, 0.2) is 27.8 Å². The van der Waals surface area contributed by atoms with Crippen molar-refractivity contribution in [3.8, 4) is 6.07 Å². The molecule has 8 nitrogen and oxygen atoms in total. The van der Waals surface area contributed by atoms with Crippen molar-refractivity contribution in [1.82, 2.24) is 14.0 Å². The van der Waals surface area contributed by atoms with Crippen LogP contribution in [0.25, 0.3) is 0 Å². The third-order valence-electron chi connectivity index (χ3n) is 5.46. The summed E-state index contributed by atoms with van der Waals surface area (Å²) in [6.45, 7) is 4.59. The molecule has 166 valence electrons. The normalized spacial score (nSPS) is 20.3. The minimum atomic E-state index is -0.763. The Hall–Kier alpha value is -3.03. The van der Waals surface area contributed by atoms with Gasteiger partial charge in [0.25, 0.3) is 5.56 Å². The average molecular weight is 433 g/mol. The largest absolute Gasteiger partial charge is 0.373 e. The first-order valence-electron chi connectivity index (χ1n) is 9.93. The van der Waals surface area contributed by atoms with Crippen LogP contribution in [0, 0.1) is 23.0 Å². The molecular formula is C21H25F2N5O3. The third kappa shape index (κ3) is 4.38. The van der Waals surface area contributed by atoms with Crippen LogP contribution in [0.1, 0.15) is 31.0 Å². The van der Waals surface area contributed by atoms with E-state index in [9.17, 15) is 23.6 Å². The van der Waals surface area contributed by atoms with Gasteiger partial charge >= 0.3 is 5.69 Å². The molecule has 2 aromatic rings. The number of rotatable bonds is 5. The van der Waals surface area contributed by atoms with Crippen molar-refractivity contribution < 1.29 is 13.5 Å². The van der Waals surface area contributed by atoms with Crippen molar-refractivity contribution in [2.75, 3.05) is 25.0 Å². The van der Waals surface area contributed by atoms with Gasteiger partial charge < -0.3 is 10.1 Å². The lowest BCUT2D eigenvalue weighted by Gasteiger charge is -2.40. The number of morpholine rings is 1. The van der Waals surface area contributed by atoms with Crippen LogP contribution in [0.4, 0.5) is 14.6 Å². The predicted molar refractivity (Wildman–Crippen MR) is 111 cm³/mol. The third-order valence-corrected chi connectivity index (χ3v) is 5.46. The molecule has 3 atom stereocenters. The van der Waals surface area contributed by atoms with E-state index in [1.807, 2.05) is 24.8 Å². The van der Waals surface area contributed by atoms with Crippen LogP contribution in [-0.4, -0.2) is 45.9 Å². The summed E-state index contributed by atoms with van der Waals surface area (Å²) >= 11 is 0. The summed E-state index contributed by atoms with van der Waals surface area (Å²) in [5, 5.41) is 12.4. The van der Waals surface area contributed by atoms with E-state index in [0.717, 1.165) is 9.13 Å². The molecule has 31 heavy (non-hydrogen) atoms. The highest BCUT2D eigenvalue weighted by Gasteiger charge is 2.32. The second-order valence-electron chi connectivity index (χ2n) is 7.78. The molecule has 0 radical (unpaired) electrons. The van der Waals surface area contributed by atoms with Crippen molar-refractivity contribution in [1.29, 1.82) is 5.26 Å². The zero-order chi connectivity index (χ0) is 22.9. The number of nitriles is 1. The summed E-state index contributed by atoms with van der Waals surface area (Å²) in [5.41, 5.74) is -1.73. The molecule has 1 fully saturated rings. The molecule has 3 rings (SSSR count). The van der Waals surface area contributed by atoms with Gasteiger partial charge in [0, 0.05) is 39.3 Å². The van der Waals surface area contributed by atoms with Crippen LogP contribution in [0.3, 0.4) is 0 Å². The highest BCUT2D eigenvalue weighted by Crippen LogP contribution is 2.29. The smallest absolute Gasteiger partial charge is 0.332 e. The van der Waals surface area contributed by atoms with Gasteiger partial charge in [0.2, 0.25) is 0 Å². The van der Waals surface area contributed by atoms with E-state index in [2.05, 4.69) is 5.32 Å². The Labute approximate surface area is 178 Å². The van der Waals surface area contributed by atoms with Crippen LogP contribution in [0.2, 0.25) is 0 Å². The molecule has 1 N–H and O–H groups in total. The zero-order valence-corrected chi connectivity index (χ0v) is 17.9. The van der Waals surface area contributed by atoms with E-state index in [0.29, 0.717) is 13.1 Å². The van der Waals surface area contributed by atoms with Crippen LogP contribution in [-0.2, 0) is 18.8 Å². The van der Waals surface area contributed by atoms with Gasteiger partial charge in [-0.3, -0.25) is 18.8 Å². The maximum absolute atomic E-state index is 14.7. The second kappa shape index (κ2) is 8.99. The van der Waals surface area contributed by atoms with E-state index in [1.54, 1.807) is 0 Å². The van der Waals surface area contributed by atoms with Gasteiger partial charge in [0.05, 0.1) is 18.2 Å². The number of ether oxygens (including phenoxy) is 1. The monoisotopic (exact) mass is 433 g/mol. The molecule has 3 unspecified atom stereocenters. The summed E-state index contributed by atoms with van der Waals surface area (Å²) in [6, 6.07) is 4.72. The molecule has 1 saturated heterocycles. The highest BCUT2D eigenvalue weighted by atomic mass is 19.1. The lowest BCUT2D eigenvalue weighted by atomic mass is 10.0. The second-order valence-corrected chi connectivity index (χ2v) is 7.78. The molecule has 0 bridgehead atoms. The Morgan fingerprint density at radius 2 is 1.74 bits per heavy atom. The van der Waals surface area contributed by atoms with Crippen LogP contribution < -0.4 is 16.6 Å². The number of aromatic nitrogens is 2. The molecule has 1 aromatic heterocycles. The molecule has 0 spiro atoms. The van der Waals surface area contributed by atoms with E-state index >= 15 is 0 Å². The maximum Gasteiger partial charge on any atom is 0.332 e. The van der Waals surface area contributed by atoms with E-state index in [1.165, 1.54) is 32.3 Å². The van der Waals surface area contributed by atoms with Crippen molar-refractivity contribution in [3.63, 3.8) is 0 Å². The Kier molecular flexibility index (Phi) is 6.57. The lowest BCUT2D eigenvalue weighted by Crippen LogP contribution is -2.49. The highest BCUT2D eigenvalue weighted by molar-refractivity contribution is 5.51. The van der Waals surface area contributed by atoms with Gasteiger partial charge in [0.15, 0.2) is 5.56 Å². The Balaban J connectivity index is 2.04. The summed E-state index contributed by atoms with van der Waals surface area (Å²) in [6.07, 6.45) is -0.298. The summed E-state index contributed by atoms with van der Waals surface area (Å²) in [4.78, 5) is 26.6. The standard InChI is InChI=1S/C21H25F2N5O3/c1-12-10-28(11-13(2)31-12)17(18-15(22)6-5-7-16(18)23)9-25-19-14(8-24)20(29)27(4)21(30)26(19)3/h5-7,12-13,17,25H,9-11H2,1-4H3. The molecule has 0 aliphatic carbocycles. The molecular weight excluding hydrogens is 408 g/mol. The molecule has 1 aromatic carbocycles. The lowest BCUT2D eigenvalue weighted by molar-refractivity contribution is -0.0801. The fourth-order valence-corrected chi connectivity index (χ4v) is 4.06. The Morgan fingerprint density at radius 1 is 1.16 bits per heavy atom. The Morgan fingerprint density at radius 3 is 2.29 bits per heavy atom. The van der Waals surface area contributed by atoms with Gasteiger partial charge in [-0.25, -0.2) is 13.6 Å². The molecule has 10 heteroatoms. The molecule has 0 saturated carbocycles. The molecule has 0 amide bonds. The molecule has 2 heterocycles. The first-order chi connectivity index (χ1) is 14.6. The number of hydrogen-bond acceptors (Lipinski definition) is 6. The van der Waals surface area contributed by atoms with Crippen LogP contribution >= 0.6 is 0 Å². The minimum absolute atomic E-state index is 0.00621. The number of nitrogens with one attached hydrogen (secondary N) is 1. The topological polar surface area (TPSA) is 92.3 Å². The summed E-state index contributed by atoms with van der Waals surface area (Å²) in [7, 11) is 2.70. The van der Waals surface area contributed by atoms with E-state index < -0.39 is 28.9 Å². The van der Waals surface area contributed by atoms with E-state index in [4.69, 9.17) is 4.74 Å². The van der Waals surface area contributed by atoms with Gasteiger partial charge in [0.1, 0.15) is 23.5 Å². The van der Waals surface area contributed by atoms with Crippen molar-refractivity contribution in [3.05, 3.63) is 61.8 Å². The number of anilines is 1. The number of benzene rings is 1. The first-order valence-corrected chi connectivity index (χ1v) is 9.93. The predicted octanol–water partition coefficient (Wildman–Crippen LogP) is 1.50. The maximum atomic E-state index is 14.7. The fraction of sp³-hybridized carbons (Fsp3) is 0.476. The van der Waals surface area contributed by atoms with Crippen molar-refractivity contribution >= 4 is 5.82 Å². The van der Waals surface area contributed by atoms with Gasteiger partial charge in [-0.05, 0) is 26.0 Å². The average Bonchev–Trinajstić information content (AvgIpc) is 2.71. The first kappa shape index (κ1) is 22.7. The van der Waals surface area contributed by atoms with E-state index in [-0.39, 0.29) is 35.7 Å². The van der Waals surface area contributed by atoms with Gasteiger partial charge in [-0.1, -0.05) is 6.07 Å². The number of hydrogen-bond donors (Lipinski definition) is 1. The number of nitrogens with zero attached hydrogens (tertiary/aromatic N) is 4. The van der Waals surface area contributed by atoms with Crippen LogP contribution in [0.5, 0.6) is 0 Å². The fourth-order valence-electron chi connectivity index (χ4n) is 4.06. The molecule has 1 aliphatic heterocycles. The van der Waals surface area contributed by atoms with Gasteiger partial charge in [-0.15, -0.1) is 0 Å². The van der Waals surface area contributed by atoms with Crippen molar-refractivity contribution in [2.45, 2.75) is 32.1 Å². The number of halogens is 2. The van der Waals surface area contributed by atoms with Gasteiger partial charge in [-0.2, -0.15) is 5.26 Å². The Bertz CT molecular complexity index is 1110. The summed E-state index contributed by atoms with van der Waals surface area (Å²) < 4.78 is 37.1. The SMILES string of the molecule is CC1CN(C(CNc2c(C#N)c(=O)n(C)c(=O)n2C)c2c(F)cccc2F)CC(C)O1. The zero-order valence-electron chi connectivity index (χ0n) is 17.9. The summed E-state index contributed by atoms with van der Waals surface area (Å²) in [5.74, 6) is -1.39. The quantitative estimate of drug-likeness (QED) is 0.768. The minimum Gasteiger partial charge on any atom is -0.373 e. The van der Waals surface area contributed by atoms with Crippen molar-refractivity contribution in [2.24, 2.45) is 14.1 Å². The molecule has 1 aliphatic rings.